The SMILES string of the molecule is COc1ccc(-c2cnc3n2C[C@@H]2CN(Cc4cccnc4)C[C@@H]2C3)cc1. The molecule has 2 aliphatic heterocycles. The third kappa shape index (κ3) is 3.12. The number of aromatic nitrogens is 3. The van der Waals surface area contributed by atoms with Crippen molar-refractivity contribution in [1.82, 2.24) is 19.4 Å². The van der Waals surface area contributed by atoms with Gasteiger partial charge in [-0.1, -0.05) is 6.07 Å². The molecule has 0 amide bonds. The molecule has 5 nitrogen and oxygen atoms in total. The number of fused-ring (bicyclic) bond motifs is 2. The molecule has 4 heterocycles. The fourth-order valence-corrected chi connectivity index (χ4v) is 4.59. The lowest BCUT2D eigenvalue weighted by Gasteiger charge is -2.27. The van der Waals surface area contributed by atoms with Gasteiger partial charge in [-0.05, 0) is 47.7 Å². The summed E-state index contributed by atoms with van der Waals surface area (Å²) in [7, 11) is 1.70. The van der Waals surface area contributed by atoms with Gasteiger partial charge in [0, 0.05) is 50.6 Å². The van der Waals surface area contributed by atoms with Crippen LogP contribution in [0, 0.1) is 11.8 Å². The van der Waals surface area contributed by atoms with E-state index in [1.165, 1.54) is 22.6 Å². The summed E-state index contributed by atoms with van der Waals surface area (Å²) in [4.78, 5) is 11.6. The van der Waals surface area contributed by atoms with Gasteiger partial charge in [0.15, 0.2) is 0 Å². The van der Waals surface area contributed by atoms with E-state index in [2.05, 4.69) is 32.7 Å². The Kier molecular flexibility index (Phi) is 4.17. The summed E-state index contributed by atoms with van der Waals surface area (Å²) < 4.78 is 7.71. The molecule has 0 bridgehead atoms. The van der Waals surface area contributed by atoms with Crippen LogP contribution in [-0.4, -0.2) is 39.6 Å². The van der Waals surface area contributed by atoms with E-state index >= 15 is 0 Å². The molecule has 1 saturated heterocycles. The van der Waals surface area contributed by atoms with Crippen LogP contribution in [0.2, 0.25) is 0 Å². The molecule has 2 atom stereocenters. The zero-order chi connectivity index (χ0) is 18.2. The number of methoxy groups -OCH3 is 1. The Morgan fingerprint density at radius 1 is 1.04 bits per heavy atom. The first-order chi connectivity index (χ1) is 13.3. The molecule has 1 fully saturated rings. The van der Waals surface area contributed by atoms with Crippen LogP contribution < -0.4 is 4.74 Å². The van der Waals surface area contributed by atoms with Crippen LogP contribution in [0.15, 0.2) is 55.0 Å². The van der Waals surface area contributed by atoms with Gasteiger partial charge in [-0.2, -0.15) is 0 Å². The fourth-order valence-electron chi connectivity index (χ4n) is 4.59. The average molecular weight is 360 g/mol. The van der Waals surface area contributed by atoms with Crippen LogP contribution >= 0.6 is 0 Å². The molecular weight excluding hydrogens is 336 g/mol. The summed E-state index contributed by atoms with van der Waals surface area (Å²) in [5.74, 6) is 3.52. The van der Waals surface area contributed by atoms with Gasteiger partial charge in [-0.3, -0.25) is 9.88 Å². The van der Waals surface area contributed by atoms with E-state index in [0.717, 1.165) is 38.3 Å². The minimum absolute atomic E-state index is 0.695. The lowest BCUT2D eigenvalue weighted by Crippen LogP contribution is -2.28. The summed E-state index contributed by atoms with van der Waals surface area (Å²) in [6, 6.07) is 12.5. The van der Waals surface area contributed by atoms with Crippen LogP contribution in [0.5, 0.6) is 5.75 Å². The minimum Gasteiger partial charge on any atom is -0.497 e. The van der Waals surface area contributed by atoms with E-state index in [9.17, 15) is 0 Å². The molecule has 27 heavy (non-hydrogen) atoms. The number of hydrogen-bond donors (Lipinski definition) is 0. The molecule has 0 unspecified atom stereocenters. The highest BCUT2D eigenvalue weighted by Gasteiger charge is 2.37. The third-order valence-electron chi connectivity index (χ3n) is 5.97. The van der Waals surface area contributed by atoms with E-state index in [1.54, 1.807) is 7.11 Å². The highest BCUT2D eigenvalue weighted by Crippen LogP contribution is 2.36. The van der Waals surface area contributed by atoms with Crippen molar-refractivity contribution in [2.24, 2.45) is 11.8 Å². The van der Waals surface area contributed by atoms with Crippen LogP contribution in [-0.2, 0) is 19.5 Å². The summed E-state index contributed by atoms with van der Waals surface area (Å²) >= 11 is 0. The minimum atomic E-state index is 0.695. The molecule has 0 N–H and O–H groups in total. The second kappa shape index (κ2) is 6.82. The van der Waals surface area contributed by atoms with Gasteiger partial charge in [0.1, 0.15) is 11.6 Å². The molecule has 3 aromatic rings. The molecule has 0 radical (unpaired) electrons. The van der Waals surface area contributed by atoms with Gasteiger partial charge in [0.05, 0.1) is 19.0 Å². The molecule has 0 spiro atoms. The number of hydrogen-bond acceptors (Lipinski definition) is 4. The van der Waals surface area contributed by atoms with Crippen LogP contribution in [0.4, 0.5) is 0 Å². The van der Waals surface area contributed by atoms with E-state index in [-0.39, 0.29) is 0 Å². The number of ether oxygens (including phenoxy) is 1. The van der Waals surface area contributed by atoms with Crippen molar-refractivity contribution in [3.8, 4) is 17.0 Å². The number of pyridine rings is 1. The van der Waals surface area contributed by atoms with Crippen LogP contribution in [0.1, 0.15) is 11.4 Å². The summed E-state index contributed by atoms with van der Waals surface area (Å²) in [5, 5.41) is 0. The number of imidazole rings is 1. The smallest absolute Gasteiger partial charge is 0.118 e. The Morgan fingerprint density at radius 3 is 2.67 bits per heavy atom. The fraction of sp³-hybridized carbons (Fsp3) is 0.364. The standard InChI is InChI=1S/C22H24N4O/c1-27-20-6-4-17(5-7-20)21-11-24-22-9-18-13-25(14-19(18)15-26(21)22)12-16-3-2-8-23-10-16/h2-8,10-11,18-19H,9,12-15H2,1H3/t18-,19-/m0/s1. The van der Waals surface area contributed by atoms with Gasteiger partial charge in [-0.25, -0.2) is 4.98 Å². The quantitative estimate of drug-likeness (QED) is 0.716. The Labute approximate surface area is 159 Å². The van der Waals surface area contributed by atoms with Gasteiger partial charge >= 0.3 is 0 Å². The average Bonchev–Trinajstić information content (AvgIpc) is 3.29. The molecule has 5 rings (SSSR count). The highest BCUT2D eigenvalue weighted by atomic mass is 16.5. The van der Waals surface area contributed by atoms with Gasteiger partial charge < -0.3 is 9.30 Å². The van der Waals surface area contributed by atoms with Crippen molar-refractivity contribution in [2.75, 3.05) is 20.2 Å². The van der Waals surface area contributed by atoms with Crippen molar-refractivity contribution < 1.29 is 4.74 Å². The van der Waals surface area contributed by atoms with Crippen molar-refractivity contribution in [3.05, 3.63) is 66.4 Å². The second-order valence-electron chi connectivity index (χ2n) is 7.68. The third-order valence-corrected chi connectivity index (χ3v) is 5.97. The Bertz CT molecular complexity index is 919. The first-order valence-corrected chi connectivity index (χ1v) is 9.60. The molecule has 2 aliphatic rings. The first kappa shape index (κ1) is 16.5. The molecular formula is C22H24N4O. The maximum absolute atomic E-state index is 5.28. The van der Waals surface area contributed by atoms with Gasteiger partial charge in [0.2, 0.25) is 0 Å². The maximum Gasteiger partial charge on any atom is 0.118 e. The lowest BCUT2D eigenvalue weighted by atomic mass is 9.89. The molecule has 1 aromatic carbocycles. The Balaban J connectivity index is 1.33. The zero-order valence-electron chi connectivity index (χ0n) is 15.6. The van der Waals surface area contributed by atoms with Gasteiger partial charge in [-0.15, -0.1) is 0 Å². The summed E-state index contributed by atoms with van der Waals surface area (Å²) in [5.41, 5.74) is 3.72. The number of likely N-dealkylation sites (tertiary alicyclic amines) is 1. The topological polar surface area (TPSA) is 43.2 Å². The molecule has 5 heteroatoms. The highest BCUT2D eigenvalue weighted by molar-refractivity contribution is 5.60. The van der Waals surface area contributed by atoms with Crippen molar-refractivity contribution in [3.63, 3.8) is 0 Å². The first-order valence-electron chi connectivity index (χ1n) is 9.60. The summed E-state index contributed by atoms with van der Waals surface area (Å²) in [6.45, 7) is 4.36. The van der Waals surface area contributed by atoms with Crippen LogP contribution in [0.25, 0.3) is 11.3 Å². The predicted molar refractivity (Wildman–Crippen MR) is 104 cm³/mol. The van der Waals surface area contributed by atoms with E-state index in [0.29, 0.717) is 11.8 Å². The maximum atomic E-state index is 5.28. The van der Waals surface area contributed by atoms with Crippen molar-refractivity contribution in [2.45, 2.75) is 19.5 Å². The monoisotopic (exact) mass is 360 g/mol. The number of nitrogens with zero attached hydrogens (tertiary/aromatic N) is 4. The van der Waals surface area contributed by atoms with Crippen molar-refractivity contribution in [1.29, 1.82) is 0 Å². The zero-order valence-corrected chi connectivity index (χ0v) is 15.6. The van der Waals surface area contributed by atoms with Crippen LogP contribution in [0.3, 0.4) is 0 Å². The molecule has 0 saturated carbocycles. The van der Waals surface area contributed by atoms with E-state index in [4.69, 9.17) is 9.72 Å². The van der Waals surface area contributed by atoms with E-state index in [1.807, 2.05) is 36.8 Å². The normalized spacial score (nSPS) is 21.7. The molecule has 0 aliphatic carbocycles. The van der Waals surface area contributed by atoms with Gasteiger partial charge in [0.25, 0.3) is 0 Å². The summed E-state index contributed by atoms with van der Waals surface area (Å²) in [6.07, 6.45) is 6.93. The number of benzene rings is 1. The largest absolute Gasteiger partial charge is 0.497 e. The van der Waals surface area contributed by atoms with E-state index < -0.39 is 0 Å². The number of rotatable bonds is 4. The molecule has 138 valence electrons. The second-order valence-corrected chi connectivity index (χ2v) is 7.68. The molecule has 2 aromatic heterocycles. The Hall–Kier alpha value is -2.66. The predicted octanol–water partition coefficient (Wildman–Crippen LogP) is 3.26. The Morgan fingerprint density at radius 2 is 1.89 bits per heavy atom. The lowest BCUT2D eigenvalue weighted by molar-refractivity contribution is 0.307. The van der Waals surface area contributed by atoms with Crippen molar-refractivity contribution >= 4 is 0 Å².